The Balaban J connectivity index is 2.59. The first kappa shape index (κ1) is 11.6. The van der Waals surface area contributed by atoms with Gasteiger partial charge in [-0.2, -0.15) is 0 Å². The molecule has 0 aliphatic carbocycles. The van der Waals surface area contributed by atoms with Crippen LogP contribution in [0.5, 0.6) is 0 Å². The Morgan fingerprint density at radius 3 is 2.36 bits per heavy atom. The Kier molecular flexibility index (Phi) is 5.05. The van der Waals surface area contributed by atoms with Crippen molar-refractivity contribution in [1.82, 2.24) is 0 Å². The molecule has 2 heteroatoms. The van der Waals surface area contributed by atoms with E-state index < -0.39 is 0 Å². The van der Waals surface area contributed by atoms with E-state index in [0.29, 0.717) is 0 Å². The van der Waals surface area contributed by atoms with Crippen molar-refractivity contribution in [3.8, 4) is 0 Å². The molecule has 1 aromatic rings. The van der Waals surface area contributed by atoms with Gasteiger partial charge in [-0.3, -0.25) is 0 Å². The molecular formula is C12H19NS. The predicted molar refractivity (Wildman–Crippen MR) is 64.7 cm³/mol. The Labute approximate surface area is 91.1 Å². The molecule has 0 aliphatic heterocycles. The summed E-state index contributed by atoms with van der Waals surface area (Å²) in [5, 5.41) is 0. The van der Waals surface area contributed by atoms with E-state index in [1.807, 2.05) is 11.8 Å². The molecule has 0 aliphatic rings. The van der Waals surface area contributed by atoms with Crippen LogP contribution in [0.4, 0.5) is 0 Å². The lowest BCUT2D eigenvalue weighted by molar-refractivity contribution is 0.698. The zero-order valence-electron chi connectivity index (χ0n) is 8.99. The van der Waals surface area contributed by atoms with E-state index in [4.69, 9.17) is 5.73 Å². The summed E-state index contributed by atoms with van der Waals surface area (Å²) in [5.41, 5.74) is 7.18. The molecule has 0 spiro atoms. The van der Waals surface area contributed by atoms with E-state index in [0.717, 1.165) is 6.42 Å². The van der Waals surface area contributed by atoms with Crippen LogP contribution in [0.3, 0.4) is 0 Å². The maximum absolute atomic E-state index is 5.94. The van der Waals surface area contributed by atoms with E-state index in [1.54, 1.807) is 0 Å². The minimum atomic E-state index is 0.195. The van der Waals surface area contributed by atoms with Gasteiger partial charge >= 0.3 is 0 Å². The van der Waals surface area contributed by atoms with Crippen LogP contribution in [0.2, 0.25) is 0 Å². The molecule has 1 unspecified atom stereocenters. The summed E-state index contributed by atoms with van der Waals surface area (Å²) < 4.78 is 0. The van der Waals surface area contributed by atoms with E-state index in [2.05, 4.69) is 38.1 Å². The van der Waals surface area contributed by atoms with Gasteiger partial charge in [0.1, 0.15) is 0 Å². The zero-order valence-corrected chi connectivity index (χ0v) is 9.81. The van der Waals surface area contributed by atoms with Crippen LogP contribution in [-0.2, 0) is 0 Å². The Morgan fingerprint density at radius 1 is 1.21 bits per heavy atom. The fourth-order valence-corrected chi connectivity index (χ4v) is 2.04. The van der Waals surface area contributed by atoms with Gasteiger partial charge in [0.05, 0.1) is 0 Å². The second-order valence-corrected chi connectivity index (χ2v) is 4.60. The van der Waals surface area contributed by atoms with Crippen LogP contribution in [-0.4, -0.2) is 5.75 Å². The number of benzene rings is 1. The highest BCUT2D eigenvalue weighted by Gasteiger charge is 2.02. The van der Waals surface area contributed by atoms with Gasteiger partial charge in [0, 0.05) is 10.9 Å². The highest BCUT2D eigenvalue weighted by Crippen LogP contribution is 2.21. The first-order chi connectivity index (χ1) is 6.77. The quantitative estimate of drug-likeness (QED) is 0.750. The van der Waals surface area contributed by atoms with Crippen LogP contribution in [0.15, 0.2) is 29.2 Å². The lowest BCUT2D eigenvalue weighted by Crippen LogP contribution is -2.07. The summed E-state index contributed by atoms with van der Waals surface area (Å²) >= 11 is 1.91. The van der Waals surface area contributed by atoms with Gasteiger partial charge in [-0.15, -0.1) is 11.8 Å². The number of hydrogen-bond donors (Lipinski definition) is 1. The van der Waals surface area contributed by atoms with Crippen LogP contribution < -0.4 is 5.73 Å². The van der Waals surface area contributed by atoms with Gasteiger partial charge in [0.25, 0.3) is 0 Å². The summed E-state index contributed by atoms with van der Waals surface area (Å²) in [7, 11) is 0. The smallest absolute Gasteiger partial charge is 0.0292 e. The SMILES string of the molecule is CCCSc1ccc(C(N)CC)cc1. The molecule has 0 bridgehead atoms. The second kappa shape index (κ2) is 6.10. The molecular weight excluding hydrogens is 190 g/mol. The highest BCUT2D eigenvalue weighted by molar-refractivity contribution is 7.99. The van der Waals surface area contributed by atoms with Gasteiger partial charge in [0.2, 0.25) is 0 Å². The van der Waals surface area contributed by atoms with E-state index >= 15 is 0 Å². The molecule has 0 heterocycles. The lowest BCUT2D eigenvalue weighted by atomic mass is 10.1. The molecule has 0 saturated carbocycles. The Hall–Kier alpha value is -0.470. The summed E-state index contributed by atoms with van der Waals surface area (Å²) in [6.45, 7) is 4.32. The van der Waals surface area contributed by atoms with Crippen LogP contribution >= 0.6 is 11.8 Å². The Morgan fingerprint density at radius 2 is 1.86 bits per heavy atom. The highest BCUT2D eigenvalue weighted by atomic mass is 32.2. The monoisotopic (exact) mass is 209 g/mol. The van der Waals surface area contributed by atoms with Gasteiger partial charge in [-0.05, 0) is 36.3 Å². The van der Waals surface area contributed by atoms with Crippen molar-refractivity contribution in [2.24, 2.45) is 5.73 Å². The van der Waals surface area contributed by atoms with Crippen LogP contribution in [0.1, 0.15) is 38.3 Å². The third kappa shape index (κ3) is 3.35. The van der Waals surface area contributed by atoms with Gasteiger partial charge in [0.15, 0.2) is 0 Å². The normalized spacial score (nSPS) is 12.8. The largest absolute Gasteiger partial charge is 0.324 e. The van der Waals surface area contributed by atoms with Crippen molar-refractivity contribution in [1.29, 1.82) is 0 Å². The maximum Gasteiger partial charge on any atom is 0.0292 e. The summed E-state index contributed by atoms with van der Waals surface area (Å²) in [6, 6.07) is 8.83. The number of nitrogens with two attached hydrogens (primary N) is 1. The predicted octanol–water partition coefficient (Wildman–Crippen LogP) is 3.60. The molecule has 78 valence electrons. The molecule has 1 nitrogen and oxygen atoms in total. The zero-order chi connectivity index (χ0) is 10.4. The standard InChI is InChI=1S/C12H19NS/c1-3-9-14-11-7-5-10(6-8-11)12(13)4-2/h5-8,12H,3-4,9,13H2,1-2H3. The van der Waals surface area contributed by atoms with Crippen LogP contribution in [0, 0.1) is 0 Å². The third-order valence-electron chi connectivity index (χ3n) is 2.22. The molecule has 14 heavy (non-hydrogen) atoms. The van der Waals surface area contributed by atoms with Crippen molar-refractivity contribution in [2.75, 3.05) is 5.75 Å². The summed E-state index contributed by atoms with van der Waals surface area (Å²) in [5.74, 6) is 1.19. The number of hydrogen-bond acceptors (Lipinski definition) is 2. The molecule has 0 fully saturated rings. The molecule has 1 aromatic carbocycles. The van der Waals surface area contributed by atoms with Crippen molar-refractivity contribution in [3.05, 3.63) is 29.8 Å². The van der Waals surface area contributed by atoms with Crippen molar-refractivity contribution < 1.29 is 0 Å². The summed E-state index contributed by atoms with van der Waals surface area (Å²) in [4.78, 5) is 1.35. The maximum atomic E-state index is 5.94. The van der Waals surface area contributed by atoms with Crippen molar-refractivity contribution in [2.45, 2.75) is 37.6 Å². The number of rotatable bonds is 5. The first-order valence-corrected chi connectivity index (χ1v) is 6.24. The molecule has 1 atom stereocenters. The van der Waals surface area contributed by atoms with E-state index in [1.165, 1.54) is 22.6 Å². The fourth-order valence-electron chi connectivity index (χ4n) is 1.27. The molecule has 2 N–H and O–H groups in total. The second-order valence-electron chi connectivity index (χ2n) is 3.43. The average Bonchev–Trinajstić information content (AvgIpc) is 2.26. The molecule has 0 radical (unpaired) electrons. The van der Waals surface area contributed by atoms with Crippen LogP contribution in [0.25, 0.3) is 0 Å². The minimum Gasteiger partial charge on any atom is -0.324 e. The topological polar surface area (TPSA) is 26.0 Å². The minimum absolute atomic E-state index is 0.195. The third-order valence-corrected chi connectivity index (χ3v) is 3.44. The molecule has 0 aromatic heterocycles. The van der Waals surface area contributed by atoms with Gasteiger partial charge in [-0.1, -0.05) is 26.0 Å². The van der Waals surface area contributed by atoms with Crippen molar-refractivity contribution in [3.63, 3.8) is 0 Å². The molecule has 1 rings (SSSR count). The van der Waals surface area contributed by atoms with E-state index in [-0.39, 0.29) is 6.04 Å². The first-order valence-electron chi connectivity index (χ1n) is 5.26. The van der Waals surface area contributed by atoms with Gasteiger partial charge < -0.3 is 5.73 Å². The Bertz CT molecular complexity index is 256. The van der Waals surface area contributed by atoms with Gasteiger partial charge in [-0.25, -0.2) is 0 Å². The number of thioether (sulfide) groups is 1. The molecule has 0 saturated heterocycles. The lowest BCUT2D eigenvalue weighted by Gasteiger charge is -2.09. The fraction of sp³-hybridized carbons (Fsp3) is 0.500. The average molecular weight is 209 g/mol. The molecule has 0 amide bonds. The van der Waals surface area contributed by atoms with Crippen molar-refractivity contribution >= 4 is 11.8 Å². The van der Waals surface area contributed by atoms with E-state index in [9.17, 15) is 0 Å². The summed E-state index contributed by atoms with van der Waals surface area (Å²) in [6.07, 6.45) is 2.22.